The molecule has 0 saturated heterocycles. The van der Waals surface area contributed by atoms with Crippen LogP contribution in [0.4, 0.5) is 0 Å². The molecule has 8 nitrogen and oxygen atoms in total. The van der Waals surface area contributed by atoms with Crippen LogP contribution in [0.3, 0.4) is 0 Å². The summed E-state index contributed by atoms with van der Waals surface area (Å²) in [5, 5.41) is 3.93. The summed E-state index contributed by atoms with van der Waals surface area (Å²) in [6.07, 6.45) is 0. The highest BCUT2D eigenvalue weighted by atomic mass is 32.2. The molecule has 0 spiro atoms. The number of ether oxygens (including phenoxy) is 2. The predicted molar refractivity (Wildman–Crippen MR) is 117 cm³/mol. The first-order valence-electron chi connectivity index (χ1n) is 9.99. The Bertz CT molecular complexity index is 1140. The molecule has 1 aromatic heterocycles. The minimum absolute atomic E-state index is 0.108. The minimum atomic E-state index is -3.79. The summed E-state index contributed by atoms with van der Waals surface area (Å²) in [6.45, 7) is 8.08. The molecule has 1 heterocycles. The van der Waals surface area contributed by atoms with Crippen molar-refractivity contribution in [2.24, 2.45) is 0 Å². The first-order chi connectivity index (χ1) is 14.7. The molecule has 166 valence electrons. The fraction of sp³-hybridized carbons (Fsp3) is 0.364. The van der Waals surface area contributed by atoms with Crippen molar-refractivity contribution >= 4 is 10.0 Å². The second-order valence-electron chi connectivity index (χ2n) is 7.31. The molecule has 3 rings (SSSR count). The molecule has 0 atom stereocenters. The summed E-state index contributed by atoms with van der Waals surface area (Å²) >= 11 is 0. The molecule has 0 fully saturated rings. The zero-order valence-corrected chi connectivity index (χ0v) is 19.1. The minimum Gasteiger partial charge on any atom is -0.496 e. The van der Waals surface area contributed by atoms with Crippen LogP contribution in [0.5, 0.6) is 11.5 Å². The number of nitrogens with zero attached hydrogens (tertiary/aromatic N) is 2. The van der Waals surface area contributed by atoms with E-state index in [2.05, 4.69) is 14.9 Å². The van der Waals surface area contributed by atoms with Crippen molar-refractivity contribution in [3.05, 3.63) is 53.4 Å². The van der Waals surface area contributed by atoms with Crippen molar-refractivity contribution in [3.63, 3.8) is 0 Å². The van der Waals surface area contributed by atoms with Gasteiger partial charge in [0.05, 0.1) is 25.2 Å². The number of rotatable bonds is 9. The number of benzene rings is 2. The van der Waals surface area contributed by atoms with Crippen molar-refractivity contribution in [1.82, 2.24) is 14.9 Å². The zero-order valence-electron chi connectivity index (χ0n) is 18.3. The maximum atomic E-state index is 12.9. The van der Waals surface area contributed by atoms with Crippen LogP contribution in [-0.4, -0.2) is 32.3 Å². The Morgan fingerprint density at radius 1 is 1.16 bits per heavy atom. The molecule has 0 aliphatic heterocycles. The van der Waals surface area contributed by atoms with Crippen molar-refractivity contribution < 1.29 is 22.4 Å². The van der Waals surface area contributed by atoms with Crippen LogP contribution in [0.15, 0.2) is 45.8 Å². The van der Waals surface area contributed by atoms with E-state index in [9.17, 15) is 8.42 Å². The molecular weight excluding hydrogens is 418 g/mol. The van der Waals surface area contributed by atoms with Crippen LogP contribution >= 0.6 is 0 Å². The van der Waals surface area contributed by atoms with Crippen LogP contribution < -0.4 is 14.2 Å². The van der Waals surface area contributed by atoms with E-state index >= 15 is 0 Å². The topological polar surface area (TPSA) is 104 Å². The number of nitrogens with one attached hydrogen (secondary N) is 1. The molecule has 1 N–H and O–H groups in total. The Morgan fingerprint density at radius 2 is 1.87 bits per heavy atom. The van der Waals surface area contributed by atoms with Gasteiger partial charge in [-0.1, -0.05) is 19.0 Å². The third-order valence-electron chi connectivity index (χ3n) is 4.74. The lowest BCUT2D eigenvalue weighted by Gasteiger charge is -2.16. The Hall–Kier alpha value is -2.91. The van der Waals surface area contributed by atoms with Crippen molar-refractivity contribution in [2.75, 3.05) is 13.7 Å². The highest BCUT2D eigenvalue weighted by Crippen LogP contribution is 2.31. The maximum Gasteiger partial charge on any atom is 0.242 e. The van der Waals surface area contributed by atoms with E-state index < -0.39 is 10.0 Å². The molecule has 0 radical (unpaired) electrons. The van der Waals surface area contributed by atoms with Gasteiger partial charge in [-0.05, 0) is 67.3 Å². The first-order valence-corrected chi connectivity index (χ1v) is 11.5. The van der Waals surface area contributed by atoms with Gasteiger partial charge in [-0.2, -0.15) is 4.98 Å². The van der Waals surface area contributed by atoms with Gasteiger partial charge >= 0.3 is 0 Å². The standard InChI is InChI=1S/C22H27N3O5S/c1-6-29-17-9-7-16(8-10-17)22-24-21(30-25-22)13-23-31(26,27)20-12-18(14(2)3)19(28-5)11-15(20)4/h7-12,14,23H,6,13H2,1-5H3. The van der Waals surface area contributed by atoms with Gasteiger partial charge in [-0.15, -0.1) is 0 Å². The van der Waals surface area contributed by atoms with Crippen LogP contribution in [0.25, 0.3) is 11.4 Å². The van der Waals surface area contributed by atoms with E-state index in [0.29, 0.717) is 23.7 Å². The summed E-state index contributed by atoms with van der Waals surface area (Å²) in [4.78, 5) is 4.48. The Kier molecular flexibility index (Phi) is 6.97. The van der Waals surface area contributed by atoms with E-state index in [4.69, 9.17) is 14.0 Å². The van der Waals surface area contributed by atoms with Gasteiger partial charge in [0, 0.05) is 5.56 Å². The summed E-state index contributed by atoms with van der Waals surface area (Å²) in [6, 6.07) is 10.7. The van der Waals surface area contributed by atoms with Crippen molar-refractivity contribution in [1.29, 1.82) is 0 Å². The van der Waals surface area contributed by atoms with Gasteiger partial charge in [0.1, 0.15) is 11.5 Å². The SMILES string of the molecule is CCOc1ccc(-c2noc(CNS(=O)(=O)c3cc(C(C)C)c(OC)cc3C)n2)cc1. The van der Waals surface area contributed by atoms with Crippen molar-refractivity contribution in [2.45, 2.75) is 45.1 Å². The van der Waals surface area contributed by atoms with Gasteiger partial charge in [0.15, 0.2) is 0 Å². The Morgan fingerprint density at radius 3 is 2.48 bits per heavy atom. The molecular formula is C22H27N3O5S. The Labute approximate surface area is 182 Å². The number of hydrogen-bond acceptors (Lipinski definition) is 7. The predicted octanol–water partition coefficient (Wildman–Crippen LogP) is 4.05. The normalized spacial score (nSPS) is 11.7. The molecule has 2 aromatic carbocycles. The van der Waals surface area contributed by atoms with Crippen molar-refractivity contribution in [3.8, 4) is 22.9 Å². The van der Waals surface area contributed by atoms with E-state index in [0.717, 1.165) is 16.9 Å². The summed E-state index contributed by atoms with van der Waals surface area (Å²) in [7, 11) is -2.21. The molecule has 0 bridgehead atoms. The van der Waals surface area contributed by atoms with Gasteiger partial charge < -0.3 is 14.0 Å². The summed E-state index contributed by atoms with van der Waals surface area (Å²) in [5.74, 6) is 2.07. The highest BCUT2D eigenvalue weighted by Gasteiger charge is 2.22. The monoisotopic (exact) mass is 445 g/mol. The maximum absolute atomic E-state index is 12.9. The zero-order chi connectivity index (χ0) is 22.6. The first kappa shape index (κ1) is 22.8. The number of aromatic nitrogens is 2. The molecule has 0 saturated carbocycles. The number of hydrogen-bond donors (Lipinski definition) is 1. The van der Waals surface area contributed by atoms with E-state index in [1.54, 1.807) is 26.2 Å². The lowest BCUT2D eigenvalue weighted by molar-refractivity contribution is 0.340. The number of aryl methyl sites for hydroxylation is 1. The van der Waals surface area contributed by atoms with E-state index in [-0.39, 0.29) is 23.2 Å². The molecule has 31 heavy (non-hydrogen) atoms. The van der Waals surface area contributed by atoms with Crippen LogP contribution in [0, 0.1) is 6.92 Å². The third kappa shape index (κ3) is 5.23. The smallest absolute Gasteiger partial charge is 0.242 e. The molecule has 9 heteroatoms. The molecule has 0 aliphatic rings. The van der Waals surface area contributed by atoms with E-state index in [1.807, 2.05) is 45.0 Å². The Balaban J connectivity index is 1.76. The van der Waals surface area contributed by atoms with Gasteiger partial charge in [0.25, 0.3) is 0 Å². The van der Waals surface area contributed by atoms with Gasteiger partial charge in [-0.25, -0.2) is 13.1 Å². The summed E-state index contributed by atoms with van der Waals surface area (Å²) in [5.41, 5.74) is 2.16. The largest absolute Gasteiger partial charge is 0.496 e. The average Bonchev–Trinajstić information content (AvgIpc) is 3.21. The second kappa shape index (κ2) is 9.49. The quantitative estimate of drug-likeness (QED) is 0.530. The molecule has 0 amide bonds. The fourth-order valence-electron chi connectivity index (χ4n) is 3.14. The van der Waals surface area contributed by atoms with Crippen LogP contribution in [0.2, 0.25) is 0 Å². The van der Waals surface area contributed by atoms with E-state index in [1.165, 1.54) is 0 Å². The average molecular weight is 446 g/mol. The fourth-order valence-corrected chi connectivity index (χ4v) is 4.37. The third-order valence-corrected chi connectivity index (χ3v) is 6.29. The number of methoxy groups -OCH3 is 1. The van der Waals surface area contributed by atoms with Crippen LogP contribution in [-0.2, 0) is 16.6 Å². The number of sulfonamides is 1. The van der Waals surface area contributed by atoms with Crippen LogP contribution in [0.1, 0.15) is 43.7 Å². The van der Waals surface area contributed by atoms with Gasteiger partial charge in [-0.3, -0.25) is 0 Å². The molecule has 0 aliphatic carbocycles. The second-order valence-corrected chi connectivity index (χ2v) is 9.04. The lowest BCUT2D eigenvalue weighted by atomic mass is 10.0. The highest BCUT2D eigenvalue weighted by molar-refractivity contribution is 7.89. The summed E-state index contributed by atoms with van der Waals surface area (Å²) < 4.78 is 44.4. The molecule has 0 unspecified atom stereocenters. The lowest BCUT2D eigenvalue weighted by Crippen LogP contribution is -2.24. The van der Waals surface area contributed by atoms with Gasteiger partial charge in [0.2, 0.25) is 21.7 Å². The molecule has 3 aromatic rings.